The number of benzene rings is 1. The molecule has 76 valence electrons. The van der Waals surface area contributed by atoms with Gasteiger partial charge in [-0.25, -0.2) is 0 Å². The first-order valence-corrected chi connectivity index (χ1v) is 5.23. The van der Waals surface area contributed by atoms with Crippen molar-refractivity contribution in [3.8, 4) is 5.75 Å². The van der Waals surface area contributed by atoms with E-state index in [2.05, 4.69) is 21.2 Å². The maximum Gasteiger partial charge on any atom is 0.133 e. The number of ether oxygens (including phenoxy) is 1. The maximum atomic E-state index is 10.1. The van der Waals surface area contributed by atoms with Crippen LogP contribution in [0.3, 0.4) is 0 Å². The average molecular weight is 258 g/mol. The topological polar surface area (TPSA) is 41.5 Å². The molecule has 1 saturated heterocycles. The number of hydrogen-bond donors (Lipinski definition) is 2. The van der Waals surface area contributed by atoms with Gasteiger partial charge in [0.1, 0.15) is 11.4 Å². The van der Waals surface area contributed by atoms with Gasteiger partial charge in [-0.2, -0.15) is 0 Å². The summed E-state index contributed by atoms with van der Waals surface area (Å²) in [5.41, 5.74) is 0.142. The van der Waals surface area contributed by atoms with Gasteiger partial charge in [-0.3, -0.25) is 0 Å². The van der Waals surface area contributed by atoms with Crippen molar-refractivity contribution in [2.75, 3.05) is 20.2 Å². The molecule has 1 aromatic carbocycles. The first-order valence-electron chi connectivity index (χ1n) is 4.43. The summed E-state index contributed by atoms with van der Waals surface area (Å²) in [6.45, 7) is 1.19. The monoisotopic (exact) mass is 257 g/mol. The first-order chi connectivity index (χ1) is 6.67. The Morgan fingerprint density at radius 2 is 2.21 bits per heavy atom. The normalized spacial score (nSPS) is 18.8. The van der Waals surface area contributed by atoms with E-state index in [4.69, 9.17) is 4.74 Å². The van der Waals surface area contributed by atoms with E-state index < -0.39 is 5.60 Å². The number of aliphatic hydroxyl groups is 1. The zero-order chi connectivity index (χ0) is 10.2. The lowest BCUT2D eigenvalue weighted by molar-refractivity contribution is -0.0154. The number of β-amino-alcohol motifs (C(OH)–C–C–N with tert-alkyl or cyclic N) is 1. The summed E-state index contributed by atoms with van der Waals surface area (Å²) in [4.78, 5) is 0. The SMILES string of the molecule is COc1cccc(C2(O)CNC2)c1Br. The molecule has 2 N–H and O–H groups in total. The fraction of sp³-hybridized carbons (Fsp3) is 0.400. The van der Waals surface area contributed by atoms with E-state index in [0.717, 1.165) is 15.8 Å². The Kier molecular flexibility index (Phi) is 2.51. The van der Waals surface area contributed by atoms with Crippen LogP contribution in [0.1, 0.15) is 5.56 Å². The maximum absolute atomic E-state index is 10.1. The quantitative estimate of drug-likeness (QED) is 0.838. The lowest BCUT2D eigenvalue weighted by Crippen LogP contribution is -2.56. The van der Waals surface area contributed by atoms with Crippen molar-refractivity contribution >= 4 is 15.9 Å². The Hall–Kier alpha value is -0.580. The smallest absolute Gasteiger partial charge is 0.133 e. The fourth-order valence-corrected chi connectivity index (χ4v) is 2.38. The molecule has 0 saturated carbocycles. The van der Waals surface area contributed by atoms with Crippen LogP contribution in [0.25, 0.3) is 0 Å². The zero-order valence-corrected chi connectivity index (χ0v) is 9.47. The Labute approximate surface area is 91.2 Å². The van der Waals surface area contributed by atoms with Gasteiger partial charge in [0.25, 0.3) is 0 Å². The van der Waals surface area contributed by atoms with Crippen LogP contribution >= 0.6 is 15.9 Å². The molecule has 0 radical (unpaired) electrons. The summed E-state index contributed by atoms with van der Waals surface area (Å²) in [5, 5.41) is 13.2. The minimum absolute atomic E-state index is 0.596. The summed E-state index contributed by atoms with van der Waals surface area (Å²) < 4.78 is 6.01. The van der Waals surface area contributed by atoms with Gasteiger partial charge in [0.2, 0.25) is 0 Å². The van der Waals surface area contributed by atoms with Gasteiger partial charge in [-0.15, -0.1) is 0 Å². The van der Waals surface area contributed by atoms with Crippen LogP contribution in [0.5, 0.6) is 5.75 Å². The van der Waals surface area contributed by atoms with E-state index in [0.29, 0.717) is 13.1 Å². The van der Waals surface area contributed by atoms with E-state index in [1.165, 1.54) is 0 Å². The summed E-state index contributed by atoms with van der Waals surface area (Å²) in [5.74, 6) is 0.753. The fourth-order valence-electron chi connectivity index (χ4n) is 1.58. The third-order valence-corrected chi connectivity index (χ3v) is 3.34. The van der Waals surface area contributed by atoms with Crippen LogP contribution in [0.2, 0.25) is 0 Å². The second-order valence-electron chi connectivity index (χ2n) is 3.46. The molecular formula is C10H12BrNO2. The predicted molar refractivity (Wildman–Crippen MR) is 57.5 cm³/mol. The van der Waals surface area contributed by atoms with Gasteiger partial charge in [0.05, 0.1) is 11.6 Å². The third-order valence-electron chi connectivity index (χ3n) is 2.52. The second kappa shape index (κ2) is 3.53. The van der Waals surface area contributed by atoms with Crippen LogP contribution in [0.4, 0.5) is 0 Å². The molecule has 1 aliphatic rings. The van der Waals surface area contributed by atoms with E-state index in [1.807, 2.05) is 18.2 Å². The standard InChI is InChI=1S/C10H12BrNO2/c1-14-8-4-2-3-7(9(8)11)10(13)5-12-6-10/h2-4,12-13H,5-6H2,1H3. The summed E-state index contributed by atoms with van der Waals surface area (Å²) in [6.07, 6.45) is 0. The Bertz CT molecular complexity index is 350. The predicted octanol–water partition coefficient (Wildman–Crippen LogP) is 1.25. The van der Waals surface area contributed by atoms with Crippen molar-refractivity contribution < 1.29 is 9.84 Å². The van der Waals surface area contributed by atoms with Crippen molar-refractivity contribution in [1.82, 2.24) is 5.32 Å². The molecule has 1 fully saturated rings. The number of halogens is 1. The van der Waals surface area contributed by atoms with Crippen LogP contribution in [-0.4, -0.2) is 25.3 Å². The van der Waals surface area contributed by atoms with Gasteiger partial charge in [0.15, 0.2) is 0 Å². The van der Waals surface area contributed by atoms with Gasteiger partial charge >= 0.3 is 0 Å². The minimum atomic E-state index is -0.743. The van der Waals surface area contributed by atoms with Crippen molar-refractivity contribution in [2.24, 2.45) is 0 Å². The molecular weight excluding hydrogens is 246 g/mol. The molecule has 1 aliphatic heterocycles. The molecule has 14 heavy (non-hydrogen) atoms. The second-order valence-corrected chi connectivity index (χ2v) is 4.25. The number of methoxy groups -OCH3 is 1. The van der Waals surface area contributed by atoms with Gasteiger partial charge in [-0.05, 0) is 22.0 Å². The lowest BCUT2D eigenvalue weighted by atomic mass is 9.88. The molecule has 0 unspecified atom stereocenters. The Morgan fingerprint density at radius 3 is 2.71 bits per heavy atom. The highest BCUT2D eigenvalue weighted by molar-refractivity contribution is 9.10. The lowest BCUT2D eigenvalue weighted by Gasteiger charge is -2.38. The van der Waals surface area contributed by atoms with E-state index in [1.54, 1.807) is 7.11 Å². The first kappa shape index (κ1) is 9.96. The largest absolute Gasteiger partial charge is 0.496 e. The van der Waals surface area contributed by atoms with Crippen molar-refractivity contribution in [3.63, 3.8) is 0 Å². The Morgan fingerprint density at radius 1 is 1.50 bits per heavy atom. The van der Waals surface area contributed by atoms with Crippen molar-refractivity contribution in [2.45, 2.75) is 5.60 Å². The third kappa shape index (κ3) is 1.43. The highest BCUT2D eigenvalue weighted by Gasteiger charge is 2.38. The van der Waals surface area contributed by atoms with Crippen molar-refractivity contribution in [1.29, 1.82) is 0 Å². The van der Waals surface area contributed by atoms with E-state index >= 15 is 0 Å². The van der Waals surface area contributed by atoms with Crippen LogP contribution < -0.4 is 10.1 Å². The molecule has 3 nitrogen and oxygen atoms in total. The molecule has 0 bridgehead atoms. The molecule has 0 atom stereocenters. The highest BCUT2D eigenvalue weighted by Crippen LogP contribution is 2.36. The number of nitrogens with one attached hydrogen (secondary N) is 1. The van der Waals surface area contributed by atoms with Gasteiger partial charge in [-0.1, -0.05) is 12.1 Å². The number of rotatable bonds is 2. The van der Waals surface area contributed by atoms with Gasteiger partial charge < -0.3 is 15.2 Å². The molecule has 1 heterocycles. The minimum Gasteiger partial charge on any atom is -0.496 e. The Balaban J connectivity index is 2.43. The van der Waals surface area contributed by atoms with Crippen LogP contribution in [-0.2, 0) is 5.60 Å². The zero-order valence-electron chi connectivity index (χ0n) is 7.88. The molecule has 1 aromatic rings. The molecule has 0 spiro atoms. The van der Waals surface area contributed by atoms with Crippen LogP contribution in [0.15, 0.2) is 22.7 Å². The number of hydrogen-bond acceptors (Lipinski definition) is 3. The molecule has 2 rings (SSSR count). The average Bonchev–Trinajstić information content (AvgIpc) is 2.15. The van der Waals surface area contributed by atoms with Crippen molar-refractivity contribution in [3.05, 3.63) is 28.2 Å². The summed E-state index contributed by atoms with van der Waals surface area (Å²) >= 11 is 3.44. The molecule has 0 amide bonds. The summed E-state index contributed by atoms with van der Waals surface area (Å²) in [7, 11) is 1.62. The van der Waals surface area contributed by atoms with Crippen LogP contribution in [0, 0.1) is 0 Å². The van der Waals surface area contributed by atoms with E-state index in [-0.39, 0.29) is 0 Å². The molecule has 4 heteroatoms. The summed E-state index contributed by atoms with van der Waals surface area (Å²) in [6, 6.07) is 5.66. The van der Waals surface area contributed by atoms with Gasteiger partial charge in [0, 0.05) is 18.7 Å². The molecule has 0 aliphatic carbocycles. The highest BCUT2D eigenvalue weighted by atomic mass is 79.9. The van der Waals surface area contributed by atoms with E-state index in [9.17, 15) is 5.11 Å². The molecule has 0 aromatic heterocycles.